The monoisotopic (exact) mass is 983 g/mol. The molecule has 5 aromatic carbocycles. The second-order valence-electron chi connectivity index (χ2n) is 14.0. The topological polar surface area (TPSA) is 220 Å². The zero-order valence-corrected chi connectivity index (χ0v) is 37.5. The highest BCUT2D eigenvalue weighted by Gasteiger charge is 2.37. The molecule has 1 atom stereocenters. The number of hydrogen-bond donors (Lipinski definition) is 3. The van der Waals surface area contributed by atoms with Gasteiger partial charge >= 0.3 is 5.97 Å². The Morgan fingerprint density at radius 3 is 2.03 bits per heavy atom. The SMILES string of the molecule is COc1ccc(Cl)cc1S(=O)(=O)N1COc2ccc(C(=O)Nc3ccc(C(C(=O)O)c4csc(NC(=O)c5cc(F)c6c(c5)N(S(=O)(=O)c5cc(Cl)ccc5OC)CCO6)n4)cc3)cc21. The summed E-state index contributed by atoms with van der Waals surface area (Å²) in [7, 11) is -6.06. The fraction of sp³-hybridized carbons (Fsp3) is 0.143. The molecule has 0 spiro atoms. The van der Waals surface area contributed by atoms with Gasteiger partial charge in [-0.1, -0.05) is 35.3 Å². The van der Waals surface area contributed by atoms with E-state index in [-0.39, 0.29) is 102 Å². The van der Waals surface area contributed by atoms with Crippen LogP contribution in [-0.4, -0.2) is 78.8 Å². The molecule has 2 aliphatic heterocycles. The van der Waals surface area contributed by atoms with E-state index in [1.54, 1.807) is 0 Å². The number of carbonyl (C=O) groups excluding carboxylic acids is 2. The number of methoxy groups -OCH3 is 2. The predicted molar refractivity (Wildman–Crippen MR) is 238 cm³/mol. The summed E-state index contributed by atoms with van der Waals surface area (Å²) in [4.78, 5) is 43.3. The van der Waals surface area contributed by atoms with Gasteiger partial charge in [0.25, 0.3) is 31.9 Å². The molecule has 0 saturated carbocycles. The maximum absolute atomic E-state index is 15.5. The summed E-state index contributed by atoms with van der Waals surface area (Å²) in [5, 5.41) is 17.1. The van der Waals surface area contributed by atoms with Crippen LogP contribution >= 0.6 is 34.5 Å². The number of aromatic nitrogens is 1. The molecule has 3 heterocycles. The fourth-order valence-corrected chi connectivity index (χ4v) is 11.3. The molecule has 2 amide bonds. The van der Waals surface area contributed by atoms with Gasteiger partial charge in [-0.25, -0.2) is 30.5 Å². The lowest BCUT2D eigenvalue weighted by atomic mass is 9.96. The third-order valence-electron chi connectivity index (χ3n) is 10.1. The highest BCUT2D eigenvalue weighted by Crippen LogP contribution is 2.42. The van der Waals surface area contributed by atoms with E-state index in [2.05, 4.69) is 15.6 Å². The minimum absolute atomic E-state index is 0.00983. The number of fused-ring (bicyclic) bond motifs is 2. The summed E-state index contributed by atoms with van der Waals surface area (Å²) in [6.45, 7) is -0.779. The Labute approximate surface area is 383 Å². The number of nitrogens with one attached hydrogen (secondary N) is 2. The summed E-state index contributed by atoms with van der Waals surface area (Å²) in [6, 6.07) is 20.3. The van der Waals surface area contributed by atoms with Crippen molar-refractivity contribution in [3.05, 3.63) is 135 Å². The number of sulfonamides is 2. The van der Waals surface area contributed by atoms with Crippen molar-refractivity contribution in [2.45, 2.75) is 15.7 Å². The Bertz CT molecular complexity index is 3140. The molecule has 0 radical (unpaired) electrons. The highest BCUT2D eigenvalue weighted by molar-refractivity contribution is 7.93. The van der Waals surface area contributed by atoms with Crippen molar-refractivity contribution >= 4 is 94.6 Å². The molecule has 3 N–H and O–H groups in total. The van der Waals surface area contributed by atoms with Crippen LogP contribution in [0.15, 0.2) is 106 Å². The van der Waals surface area contributed by atoms with Crippen molar-refractivity contribution < 1.29 is 59.7 Å². The first-order valence-corrected chi connectivity index (χ1v) is 23.4. The van der Waals surface area contributed by atoms with Gasteiger partial charge in [-0.3, -0.25) is 24.0 Å². The summed E-state index contributed by atoms with van der Waals surface area (Å²) >= 11 is 13.1. The first-order valence-electron chi connectivity index (χ1n) is 18.9. The van der Waals surface area contributed by atoms with Crippen LogP contribution in [0.5, 0.6) is 23.0 Å². The summed E-state index contributed by atoms with van der Waals surface area (Å²) < 4.78 is 94.0. The smallest absolute Gasteiger partial charge is 0.317 e. The molecule has 0 fully saturated rings. The average molecular weight is 985 g/mol. The second-order valence-corrected chi connectivity index (χ2v) is 19.4. The van der Waals surface area contributed by atoms with E-state index in [4.69, 9.17) is 42.1 Å². The lowest BCUT2D eigenvalue weighted by Crippen LogP contribution is -2.38. The normalized spacial score (nSPS) is 13.7. The van der Waals surface area contributed by atoms with Crippen LogP contribution in [0.25, 0.3) is 0 Å². The number of aliphatic carboxylic acids is 1. The number of nitrogens with zero attached hydrogens (tertiary/aromatic N) is 3. The third kappa shape index (κ3) is 8.67. The van der Waals surface area contributed by atoms with Crippen LogP contribution < -0.4 is 38.2 Å². The standard InChI is InChI=1S/C42H32Cl2FN5O12S3/c1-59-33-11-6-25(43)18-35(33)64(55,56)49-13-14-61-38-28(45)15-24(17-31(38)49)40(52)48-42-47-29(20-63-42)37(41(53)54)22-3-8-27(9-4-22)46-39(51)23-5-10-32-30(16-23)50(21-62-32)65(57,58)36-19-26(44)7-12-34(36)60-2/h3-12,15-20,37H,13-14,21H2,1-2H3,(H,46,51)(H,53,54)(H,47,48,52). The molecule has 17 nitrogen and oxygen atoms in total. The van der Waals surface area contributed by atoms with E-state index in [0.717, 1.165) is 32.1 Å². The van der Waals surface area contributed by atoms with E-state index >= 15 is 4.39 Å². The first kappa shape index (κ1) is 44.9. The van der Waals surface area contributed by atoms with Crippen LogP contribution in [0.1, 0.15) is 37.9 Å². The number of carbonyl (C=O) groups is 3. The molecule has 1 aromatic heterocycles. The summed E-state index contributed by atoms with van der Waals surface area (Å²) in [6.07, 6.45) is 0. The van der Waals surface area contributed by atoms with Gasteiger partial charge in [-0.2, -0.15) is 0 Å². The van der Waals surface area contributed by atoms with Crippen molar-refractivity contribution in [3.63, 3.8) is 0 Å². The maximum Gasteiger partial charge on any atom is 0.317 e. The number of rotatable bonds is 13. The number of hydrogen-bond acceptors (Lipinski definition) is 13. The van der Waals surface area contributed by atoms with E-state index in [1.165, 1.54) is 98.5 Å². The average Bonchev–Trinajstić information content (AvgIpc) is 3.94. The molecule has 23 heteroatoms. The minimum Gasteiger partial charge on any atom is -0.495 e. The van der Waals surface area contributed by atoms with Gasteiger partial charge in [-0.15, -0.1) is 11.3 Å². The quantitative estimate of drug-likeness (QED) is 0.102. The fourth-order valence-electron chi connectivity index (χ4n) is 7.00. The van der Waals surface area contributed by atoms with Gasteiger partial charge in [0.05, 0.1) is 37.8 Å². The zero-order valence-electron chi connectivity index (χ0n) is 33.6. The Morgan fingerprint density at radius 2 is 1.40 bits per heavy atom. The number of benzene rings is 5. The van der Waals surface area contributed by atoms with Gasteiger partial charge in [-0.05, 0) is 84.4 Å². The van der Waals surface area contributed by atoms with Crippen molar-refractivity contribution in [2.75, 3.05) is 53.3 Å². The number of thiazole rings is 1. The number of halogens is 3. The van der Waals surface area contributed by atoms with Crippen LogP contribution in [0.3, 0.4) is 0 Å². The zero-order chi connectivity index (χ0) is 46.4. The van der Waals surface area contributed by atoms with Crippen LogP contribution in [0, 0.1) is 5.82 Å². The van der Waals surface area contributed by atoms with Crippen LogP contribution in [0.4, 0.5) is 26.6 Å². The van der Waals surface area contributed by atoms with E-state index < -0.39 is 55.3 Å². The van der Waals surface area contributed by atoms with E-state index in [1.807, 2.05) is 0 Å². The molecule has 336 valence electrons. The van der Waals surface area contributed by atoms with Crippen LogP contribution in [-0.2, 0) is 24.8 Å². The molecule has 1 unspecified atom stereocenters. The molecular formula is C42H32Cl2FN5O12S3. The van der Waals surface area contributed by atoms with Crippen molar-refractivity contribution in [3.8, 4) is 23.0 Å². The molecule has 0 aliphatic carbocycles. The number of amides is 2. The Balaban J connectivity index is 0.969. The number of carboxylic acids is 1. The number of anilines is 4. The lowest BCUT2D eigenvalue weighted by Gasteiger charge is -2.31. The molecule has 65 heavy (non-hydrogen) atoms. The van der Waals surface area contributed by atoms with Gasteiger partial charge in [0.15, 0.2) is 23.4 Å². The van der Waals surface area contributed by atoms with Gasteiger partial charge < -0.3 is 29.4 Å². The number of carboxylic acid groups (broad SMARTS) is 1. The van der Waals surface area contributed by atoms with Crippen molar-refractivity contribution in [2.24, 2.45) is 0 Å². The largest absolute Gasteiger partial charge is 0.495 e. The van der Waals surface area contributed by atoms with Gasteiger partial charge in [0, 0.05) is 32.2 Å². The van der Waals surface area contributed by atoms with Crippen molar-refractivity contribution in [1.29, 1.82) is 0 Å². The second kappa shape index (κ2) is 17.7. The number of ether oxygens (including phenoxy) is 4. The molecule has 0 saturated heterocycles. The van der Waals surface area contributed by atoms with Gasteiger partial charge in [0.1, 0.15) is 39.6 Å². The van der Waals surface area contributed by atoms with Gasteiger partial charge in [0.2, 0.25) is 0 Å². The molecule has 8 rings (SSSR count). The maximum atomic E-state index is 15.5. The van der Waals surface area contributed by atoms with Crippen LogP contribution in [0.2, 0.25) is 10.0 Å². The Hall–Kier alpha value is -6.65. The van der Waals surface area contributed by atoms with Crippen molar-refractivity contribution in [1.82, 2.24) is 4.98 Å². The van der Waals surface area contributed by atoms with E-state index in [9.17, 15) is 36.3 Å². The predicted octanol–water partition coefficient (Wildman–Crippen LogP) is 7.46. The third-order valence-corrected chi connectivity index (χ3v) is 14.9. The van der Waals surface area contributed by atoms with E-state index in [0.29, 0.717) is 0 Å². The molecule has 6 aromatic rings. The lowest BCUT2D eigenvalue weighted by molar-refractivity contribution is -0.137. The molecule has 2 aliphatic rings. The molecular weight excluding hydrogens is 953 g/mol. The first-order chi connectivity index (χ1) is 31.0. The highest BCUT2D eigenvalue weighted by atomic mass is 35.5. The summed E-state index contributed by atoms with van der Waals surface area (Å²) in [5.74, 6) is -5.23. The summed E-state index contributed by atoms with van der Waals surface area (Å²) in [5.41, 5.74) is 0.245. The molecule has 0 bridgehead atoms. The Kier molecular flexibility index (Phi) is 12.3. The minimum atomic E-state index is -4.41. The Morgan fingerprint density at radius 1 is 0.785 bits per heavy atom.